The zero-order chi connectivity index (χ0) is 17.3. The normalized spacial score (nSPS) is 25.8. The minimum absolute atomic E-state index is 0.158. The van der Waals surface area contributed by atoms with Gasteiger partial charge < -0.3 is 14.7 Å². The monoisotopic (exact) mass is 351 g/mol. The van der Waals surface area contributed by atoms with E-state index in [4.69, 9.17) is 4.74 Å². The highest BCUT2D eigenvalue weighted by atomic mass is 32.1. The minimum Gasteiger partial charge on any atom is -0.481 e. The maximum Gasteiger partial charge on any atom is 0.309 e. The van der Waals surface area contributed by atoms with Crippen LogP contribution < -0.4 is 0 Å². The van der Waals surface area contributed by atoms with Gasteiger partial charge >= 0.3 is 5.97 Å². The second kappa shape index (κ2) is 6.84. The van der Waals surface area contributed by atoms with Gasteiger partial charge in [0.15, 0.2) is 0 Å². The lowest BCUT2D eigenvalue weighted by Gasteiger charge is -2.38. The summed E-state index contributed by atoms with van der Waals surface area (Å²) >= 11 is 1.61. The van der Waals surface area contributed by atoms with Crippen LogP contribution in [-0.2, 0) is 19.7 Å². The van der Waals surface area contributed by atoms with Gasteiger partial charge in [-0.1, -0.05) is 6.07 Å². The fraction of sp³-hybridized carbons (Fsp3) is 0.667. The van der Waals surface area contributed by atoms with Crippen molar-refractivity contribution in [2.45, 2.75) is 44.6 Å². The second-order valence-corrected chi connectivity index (χ2v) is 8.25. The number of likely N-dealkylation sites (tertiary alicyclic amines) is 1. The summed E-state index contributed by atoms with van der Waals surface area (Å²) in [4.78, 5) is 27.3. The van der Waals surface area contributed by atoms with Crippen molar-refractivity contribution in [1.82, 2.24) is 4.90 Å². The van der Waals surface area contributed by atoms with E-state index in [2.05, 4.69) is 0 Å². The highest BCUT2D eigenvalue weighted by Crippen LogP contribution is 2.35. The van der Waals surface area contributed by atoms with E-state index in [0.29, 0.717) is 26.1 Å². The summed E-state index contributed by atoms with van der Waals surface area (Å²) < 4.78 is 5.71. The lowest BCUT2D eigenvalue weighted by Crippen LogP contribution is -2.48. The second-order valence-electron chi connectivity index (χ2n) is 7.30. The smallest absolute Gasteiger partial charge is 0.309 e. The van der Waals surface area contributed by atoms with Crippen molar-refractivity contribution in [3.63, 3.8) is 0 Å². The third-order valence-electron chi connectivity index (χ3n) is 5.42. The number of ether oxygens (including phenoxy) is 1. The number of hydrogen-bond acceptors (Lipinski definition) is 4. The van der Waals surface area contributed by atoms with E-state index in [1.54, 1.807) is 11.3 Å². The molecule has 24 heavy (non-hydrogen) atoms. The van der Waals surface area contributed by atoms with Gasteiger partial charge in [0.2, 0.25) is 5.91 Å². The van der Waals surface area contributed by atoms with Crippen molar-refractivity contribution >= 4 is 23.2 Å². The zero-order valence-electron chi connectivity index (χ0n) is 14.2. The van der Waals surface area contributed by atoms with Crippen LogP contribution in [0.5, 0.6) is 0 Å². The molecular weight excluding hydrogens is 326 g/mol. The van der Waals surface area contributed by atoms with Gasteiger partial charge in [-0.2, -0.15) is 0 Å². The third-order valence-corrected chi connectivity index (χ3v) is 6.61. The zero-order valence-corrected chi connectivity index (χ0v) is 15.1. The van der Waals surface area contributed by atoms with Crippen molar-refractivity contribution < 1.29 is 19.4 Å². The predicted octanol–water partition coefficient (Wildman–Crippen LogP) is 2.75. The Hall–Kier alpha value is -1.40. The molecule has 2 saturated heterocycles. The number of carbonyl (C=O) groups excluding carboxylic acids is 1. The number of carboxylic acids is 1. The molecule has 1 N–H and O–H groups in total. The number of carboxylic acid groups (broad SMARTS) is 1. The summed E-state index contributed by atoms with van der Waals surface area (Å²) in [6.45, 7) is 5.86. The number of carbonyl (C=O) groups is 2. The van der Waals surface area contributed by atoms with Crippen LogP contribution in [-0.4, -0.2) is 47.7 Å². The Bertz CT molecular complexity index is 590. The van der Waals surface area contributed by atoms with E-state index in [9.17, 15) is 14.7 Å². The van der Waals surface area contributed by atoms with Gasteiger partial charge in [0, 0.05) is 24.6 Å². The van der Waals surface area contributed by atoms with Crippen LogP contribution in [0.4, 0.5) is 0 Å². The minimum atomic E-state index is -0.755. The maximum atomic E-state index is 12.9. The van der Waals surface area contributed by atoms with Gasteiger partial charge in [0.05, 0.1) is 17.4 Å². The van der Waals surface area contributed by atoms with Gasteiger partial charge in [-0.05, 0) is 50.5 Å². The molecule has 0 aliphatic carbocycles. The Morgan fingerprint density at radius 3 is 2.58 bits per heavy atom. The first-order valence-electron chi connectivity index (χ1n) is 8.59. The van der Waals surface area contributed by atoms with Crippen LogP contribution in [0.25, 0.3) is 0 Å². The van der Waals surface area contributed by atoms with Gasteiger partial charge in [0.25, 0.3) is 0 Å². The summed E-state index contributed by atoms with van der Waals surface area (Å²) in [5.41, 5.74) is -0.505. The summed E-state index contributed by atoms with van der Waals surface area (Å²) in [6.07, 6.45) is 2.05. The molecule has 5 nitrogen and oxygen atoms in total. The molecule has 2 aliphatic heterocycles. The molecule has 1 aromatic heterocycles. The Morgan fingerprint density at radius 1 is 1.29 bits per heavy atom. The quantitative estimate of drug-likeness (QED) is 0.906. The van der Waals surface area contributed by atoms with Crippen molar-refractivity contribution in [2.75, 3.05) is 19.7 Å². The summed E-state index contributed by atoms with van der Waals surface area (Å²) in [5.74, 6) is -0.748. The van der Waals surface area contributed by atoms with E-state index in [0.717, 1.165) is 17.7 Å². The first-order valence-corrected chi connectivity index (χ1v) is 9.47. The molecule has 0 bridgehead atoms. The number of amides is 1. The van der Waals surface area contributed by atoms with Gasteiger partial charge in [0.1, 0.15) is 0 Å². The summed E-state index contributed by atoms with van der Waals surface area (Å²) in [6, 6.07) is 3.99. The van der Waals surface area contributed by atoms with Crippen LogP contribution in [0.15, 0.2) is 17.5 Å². The molecule has 6 heteroatoms. The standard InChI is InChI=1S/C18H25NO4S/c1-18(2,14-4-3-11-24-14)17(22)19-8-5-12(6-9-19)15-13(16(20)21)7-10-23-15/h3-4,11-13,15H,5-10H2,1-2H3,(H,20,21)/t13?,15-/m0/s1. The van der Waals surface area contributed by atoms with E-state index in [1.807, 2.05) is 36.3 Å². The van der Waals surface area contributed by atoms with Crippen molar-refractivity contribution in [3.05, 3.63) is 22.4 Å². The van der Waals surface area contributed by atoms with Crippen molar-refractivity contribution in [2.24, 2.45) is 11.8 Å². The average Bonchev–Trinajstić information content (AvgIpc) is 3.25. The van der Waals surface area contributed by atoms with Crippen LogP contribution in [0, 0.1) is 11.8 Å². The number of hydrogen-bond donors (Lipinski definition) is 1. The summed E-state index contributed by atoms with van der Waals surface area (Å²) in [7, 11) is 0. The Kier molecular flexibility index (Phi) is 4.97. The SMILES string of the molecule is CC(C)(C(=O)N1CCC([C@@H]2OCCC2C(=O)O)CC1)c1cccs1. The highest BCUT2D eigenvalue weighted by Gasteiger charge is 2.42. The Balaban J connectivity index is 1.61. The molecule has 1 aromatic rings. The predicted molar refractivity (Wildman–Crippen MR) is 92.1 cm³/mol. The molecular formula is C18H25NO4S. The van der Waals surface area contributed by atoms with Crippen LogP contribution in [0.2, 0.25) is 0 Å². The van der Waals surface area contributed by atoms with Crippen LogP contribution in [0.1, 0.15) is 38.0 Å². The molecule has 1 unspecified atom stereocenters. The number of rotatable bonds is 4. The molecule has 0 radical (unpaired) electrons. The Labute approximate surface area is 146 Å². The van der Waals surface area contributed by atoms with Gasteiger partial charge in [-0.25, -0.2) is 0 Å². The largest absolute Gasteiger partial charge is 0.481 e. The third kappa shape index (κ3) is 3.22. The Morgan fingerprint density at radius 2 is 2.00 bits per heavy atom. The summed E-state index contributed by atoms with van der Waals surface area (Å²) in [5, 5.41) is 11.3. The molecule has 0 aromatic carbocycles. The van der Waals surface area contributed by atoms with Crippen molar-refractivity contribution in [3.8, 4) is 0 Å². The van der Waals surface area contributed by atoms with E-state index in [1.165, 1.54) is 0 Å². The topological polar surface area (TPSA) is 66.8 Å². The molecule has 0 saturated carbocycles. The highest BCUT2D eigenvalue weighted by molar-refractivity contribution is 7.10. The van der Waals surface area contributed by atoms with Crippen LogP contribution >= 0.6 is 11.3 Å². The lowest BCUT2D eigenvalue weighted by atomic mass is 9.83. The van der Waals surface area contributed by atoms with Crippen molar-refractivity contribution in [1.29, 1.82) is 0 Å². The molecule has 3 heterocycles. The number of aliphatic carboxylic acids is 1. The fourth-order valence-electron chi connectivity index (χ4n) is 3.91. The molecule has 1 amide bonds. The van der Waals surface area contributed by atoms with Crippen LogP contribution in [0.3, 0.4) is 0 Å². The molecule has 2 aliphatic rings. The van der Waals surface area contributed by atoms with E-state index in [-0.39, 0.29) is 23.8 Å². The molecule has 0 spiro atoms. The number of thiophene rings is 1. The van der Waals surface area contributed by atoms with E-state index >= 15 is 0 Å². The number of nitrogens with zero attached hydrogens (tertiary/aromatic N) is 1. The maximum absolute atomic E-state index is 12.9. The van der Waals surface area contributed by atoms with E-state index < -0.39 is 11.4 Å². The molecule has 2 atom stereocenters. The average molecular weight is 351 g/mol. The molecule has 132 valence electrons. The number of piperidine rings is 1. The first kappa shape index (κ1) is 17.4. The van der Waals surface area contributed by atoms with Gasteiger partial charge in [-0.15, -0.1) is 11.3 Å². The first-order chi connectivity index (χ1) is 11.4. The fourth-order valence-corrected chi connectivity index (χ4v) is 4.75. The van der Waals surface area contributed by atoms with Gasteiger partial charge in [-0.3, -0.25) is 9.59 Å². The molecule has 3 rings (SSSR count). The molecule has 2 fully saturated rings. The lowest BCUT2D eigenvalue weighted by molar-refractivity contribution is -0.146.